The lowest BCUT2D eigenvalue weighted by Gasteiger charge is -2.03. The van der Waals surface area contributed by atoms with Crippen molar-refractivity contribution in [2.24, 2.45) is 0 Å². The minimum atomic E-state index is 0.546. The van der Waals surface area contributed by atoms with E-state index in [1.54, 1.807) is 0 Å². The van der Waals surface area contributed by atoms with E-state index < -0.39 is 0 Å². The Morgan fingerprint density at radius 1 is 1.12 bits per heavy atom. The van der Waals surface area contributed by atoms with Crippen LogP contribution in [0.3, 0.4) is 0 Å². The first kappa shape index (κ1) is 8.35. The van der Waals surface area contributed by atoms with Gasteiger partial charge in [-0.2, -0.15) is 0 Å². The second kappa shape index (κ2) is 5.49. The molecule has 1 radical (unpaired) electrons. The molecule has 1 heteroatoms. The van der Waals surface area contributed by atoms with Gasteiger partial charge in [-0.05, 0) is 12.8 Å². The van der Waals surface area contributed by atoms with Gasteiger partial charge >= 0.3 is 0 Å². The molecule has 0 N–H and O–H groups in total. The largest absolute Gasteiger partial charge is 0.0904 e. The van der Waals surface area contributed by atoms with Gasteiger partial charge < -0.3 is 0 Å². The summed E-state index contributed by atoms with van der Waals surface area (Å²) in [6.45, 7) is 4.38. The van der Waals surface area contributed by atoms with Crippen molar-refractivity contribution in [2.45, 2.75) is 44.8 Å². The van der Waals surface area contributed by atoms with Crippen LogP contribution < -0.4 is 0 Å². The molecule has 0 aromatic heterocycles. The van der Waals surface area contributed by atoms with Gasteiger partial charge in [0.05, 0.1) is 0 Å². The van der Waals surface area contributed by atoms with E-state index in [1.807, 2.05) is 0 Å². The Balaban J connectivity index is 2.92. The van der Waals surface area contributed by atoms with Crippen LogP contribution in [0.15, 0.2) is 0 Å². The topological polar surface area (TPSA) is 0 Å². The zero-order valence-corrected chi connectivity index (χ0v) is 6.63. The monoisotopic (exact) mass is 131 g/mol. The predicted octanol–water partition coefficient (Wildman–Crippen LogP) is 3.15. The molecule has 0 nitrogen and oxygen atoms in total. The zero-order chi connectivity index (χ0) is 6.41. The average Bonchev–Trinajstić information content (AvgIpc) is 1.68. The molecular formula is C7H15S. The molecule has 0 amide bonds. The molecule has 0 saturated carbocycles. The summed E-state index contributed by atoms with van der Waals surface area (Å²) in [5.41, 5.74) is 0. The van der Waals surface area contributed by atoms with E-state index in [4.69, 9.17) is 12.6 Å². The van der Waals surface area contributed by atoms with Crippen molar-refractivity contribution < 1.29 is 0 Å². The molecule has 49 valence electrons. The summed E-state index contributed by atoms with van der Waals surface area (Å²) in [5, 5.41) is 0.546. The maximum Gasteiger partial charge on any atom is 0.0151 e. The Kier molecular flexibility index (Phi) is 5.73. The maximum atomic E-state index is 5.14. The van der Waals surface area contributed by atoms with Crippen molar-refractivity contribution in [3.05, 3.63) is 0 Å². The van der Waals surface area contributed by atoms with Crippen LogP contribution >= 0.6 is 12.6 Å². The molecule has 0 aliphatic rings. The van der Waals surface area contributed by atoms with Gasteiger partial charge in [-0.1, -0.05) is 39.3 Å². The molecule has 0 aromatic rings. The Morgan fingerprint density at radius 2 is 1.50 bits per heavy atom. The number of hydrogen-bond donors (Lipinski definition) is 0. The van der Waals surface area contributed by atoms with Crippen LogP contribution in [0.25, 0.3) is 0 Å². The minimum Gasteiger partial charge on any atom is -0.0904 e. The van der Waals surface area contributed by atoms with E-state index in [-0.39, 0.29) is 0 Å². The van der Waals surface area contributed by atoms with Crippen LogP contribution in [0, 0.1) is 0 Å². The lowest BCUT2D eigenvalue weighted by molar-refractivity contribution is 0.676. The molecule has 0 heterocycles. The van der Waals surface area contributed by atoms with Gasteiger partial charge in [0.2, 0.25) is 0 Å². The highest BCUT2D eigenvalue weighted by molar-refractivity contribution is 7.80. The Bertz CT molecular complexity index is 37.7. The highest BCUT2D eigenvalue weighted by Gasteiger charge is 1.97. The Hall–Kier alpha value is 0.350. The van der Waals surface area contributed by atoms with E-state index in [0.717, 1.165) is 0 Å². The molecule has 0 fully saturated rings. The van der Waals surface area contributed by atoms with Crippen LogP contribution in [-0.2, 0) is 0 Å². The molecule has 0 saturated heterocycles. The predicted molar refractivity (Wildman–Crippen MR) is 41.2 cm³/mol. The fourth-order valence-corrected chi connectivity index (χ4v) is 1.26. The molecule has 0 spiro atoms. The van der Waals surface area contributed by atoms with Crippen molar-refractivity contribution in [3.63, 3.8) is 0 Å². The fourth-order valence-electron chi connectivity index (χ4n) is 0.788. The van der Waals surface area contributed by atoms with Gasteiger partial charge in [0, 0.05) is 5.25 Å². The van der Waals surface area contributed by atoms with Crippen LogP contribution in [0.5, 0.6) is 0 Å². The first-order valence-electron chi connectivity index (χ1n) is 3.47. The van der Waals surface area contributed by atoms with Crippen LogP contribution in [0.4, 0.5) is 0 Å². The summed E-state index contributed by atoms with van der Waals surface area (Å²) < 4.78 is 0. The van der Waals surface area contributed by atoms with Crippen molar-refractivity contribution in [2.75, 3.05) is 0 Å². The van der Waals surface area contributed by atoms with Crippen molar-refractivity contribution in [1.29, 1.82) is 0 Å². The third-order valence-corrected chi connectivity index (χ3v) is 1.69. The standard InChI is InChI=1S/C7H15S/c1-3-5-7(8)6-4-2/h7H,3-6H2,1-2H3. The summed E-state index contributed by atoms with van der Waals surface area (Å²) in [4.78, 5) is 0. The third-order valence-electron chi connectivity index (χ3n) is 1.22. The fraction of sp³-hybridized carbons (Fsp3) is 1.00. The maximum absolute atomic E-state index is 5.14. The van der Waals surface area contributed by atoms with Gasteiger partial charge in [0.25, 0.3) is 0 Å². The van der Waals surface area contributed by atoms with Gasteiger partial charge in [-0.25, -0.2) is 0 Å². The average molecular weight is 131 g/mol. The van der Waals surface area contributed by atoms with E-state index in [9.17, 15) is 0 Å². The normalized spacial score (nSPS) is 10.5. The number of hydrogen-bond acceptors (Lipinski definition) is 0. The van der Waals surface area contributed by atoms with Crippen LogP contribution in [0.1, 0.15) is 39.5 Å². The summed E-state index contributed by atoms with van der Waals surface area (Å²) in [7, 11) is 0. The van der Waals surface area contributed by atoms with Crippen LogP contribution in [0.2, 0.25) is 0 Å². The quantitative estimate of drug-likeness (QED) is 0.550. The van der Waals surface area contributed by atoms with E-state index in [1.165, 1.54) is 25.7 Å². The van der Waals surface area contributed by atoms with Gasteiger partial charge in [-0.15, -0.1) is 0 Å². The summed E-state index contributed by atoms with van der Waals surface area (Å²) in [6.07, 6.45) is 4.94. The highest BCUT2D eigenvalue weighted by atomic mass is 32.1. The highest BCUT2D eigenvalue weighted by Crippen LogP contribution is 2.09. The lowest BCUT2D eigenvalue weighted by atomic mass is 10.2. The van der Waals surface area contributed by atoms with Gasteiger partial charge in [0.1, 0.15) is 0 Å². The smallest absolute Gasteiger partial charge is 0.0151 e. The van der Waals surface area contributed by atoms with Crippen molar-refractivity contribution in [1.82, 2.24) is 0 Å². The first-order valence-corrected chi connectivity index (χ1v) is 3.94. The van der Waals surface area contributed by atoms with Crippen LogP contribution in [-0.4, -0.2) is 5.25 Å². The number of rotatable bonds is 4. The van der Waals surface area contributed by atoms with E-state index >= 15 is 0 Å². The molecule has 0 aromatic carbocycles. The zero-order valence-electron chi connectivity index (χ0n) is 5.81. The van der Waals surface area contributed by atoms with Gasteiger partial charge in [-0.3, -0.25) is 0 Å². The minimum absolute atomic E-state index is 0.546. The Labute approximate surface area is 58.1 Å². The SMILES string of the molecule is CCCC([S])CCC. The second-order valence-electron chi connectivity index (χ2n) is 2.20. The second-order valence-corrected chi connectivity index (χ2v) is 2.87. The molecule has 0 atom stereocenters. The first-order chi connectivity index (χ1) is 3.81. The molecule has 0 rings (SSSR count). The lowest BCUT2D eigenvalue weighted by Crippen LogP contribution is -1.95. The molecule has 0 aliphatic heterocycles. The molecule has 8 heavy (non-hydrogen) atoms. The molecule has 0 aliphatic carbocycles. The Morgan fingerprint density at radius 3 is 1.75 bits per heavy atom. The summed E-state index contributed by atoms with van der Waals surface area (Å²) in [5.74, 6) is 0. The molecule has 0 bridgehead atoms. The van der Waals surface area contributed by atoms with Crippen molar-refractivity contribution in [3.8, 4) is 0 Å². The molecule has 0 unspecified atom stereocenters. The summed E-state index contributed by atoms with van der Waals surface area (Å²) >= 11 is 5.14. The van der Waals surface area contributed by atoms with E-state index in [0.29, 0.717) is 5.25 Å². The van der Waals surface area contributed by atoms with Gasteiger partial charge in [0.15, 0.2) is 0 Å². The van der Waals surface area contributed by atoms with Crippen molar-refractivity contribution >= 4 is 12.6 Å². The molecular weight excluding hydrogens is 116 g/mol. The third kappa shape index (κ3) is 4.51. The van der Waals surface area contributed by atoms with E-state index in [2.05, 4.69) is 13.8 Å². The summed E-state index contributed by atoms with van der Waals surface area (Å²) in [6, 6.07) is 0.